The number of amides is 2. The lowest BCUT2D eigenvalue weighted by atomic mass is 9.96. The van der Waals surface area contributed by atoms with E-state index in [0.717, 1.165) is 33.2 Å². The van der Waals surface area contributed by atoms with Crippen molar-refractivity contribution in [2.45, 2.75) is 33.3 Å². The normalized spacial score (nSPS) is 13.6. The molecule has 1 aliphatic heterocycles. The average molecular weight is 606 g/mol. The van der Waals surface area contributed by atoms with Crippen molar-refractivity contribution in [1.29, 1.82) is 0 Å². The van der Waals surface area contributed by atoms with Gasteiger partial charge in [0.15, 0.2) is 0 Å². The van der Waals surface area contributed by atoms with E-state index in [4.69, 9.17) is 9.47 Å². The van der Waals surface area contributed by atoms with Crippen molar-refractivity contribution in [3.8, 4) is 11.1 Å². The van der Waals surface area contributed by atoms with Crippen LogP contribution in [0.4, 0.5) is 16.2 Å². The zero-order chi connectivity index (χ0) is 32.0. The van der Waals surface area contributed by atoms with Gasteiger partial charge >= 0.3 is 12.1 Å². The van der Waals surface area contributed by atoms with Gasteiger partial charge in [-0.2, -0.15) is 0 Å². The van der Waals surface area contributed by atoms with Crippen LogP contribution in [0.1, 0.15) is 43.6 Å². The van der Waals surface area contributed by atoms with Gasteiger partial charge in [0.05, 0.1) is 6.61 Å². The van der Waals surface area contributed by atoms with Crippen molar-refractivity contribution >= 4 is 46.2 Å². The van der Waals surface area contributed by atoms with E-state index in [1.165, 1.54) is 6.08 Å². The fraction of sp³-hybridized carbons (Fsp3) is 0.270. The predicted molar refractivity (Wildman–Crippen MR) is 179 cm³/mol. The fourth-order valence-corrected chi connectivity index (χ4v) is 5.29. The van der Waals surface area contributed by atoms with Crippen LogP contribution in [-0.2, 0) is 14.3 Å². The number of fused-ring (bicyclic) bond motifs is 1. The topological polar surface area (TPSA) is 88.2 Å². The van der Waals surface area contributed by atoms with Gasteiger partial charge in [-0.1, -0.05) is 48.5 Å². The van der Waals surface area contributed by atoms with E-state index < -0.39 is 11.6 Å². The van der Waals surface area contributed by atoms with Crippen LogP contribution in [0.2, 0.25) is 0 Å². The lowest BCUT2D eigenvalue weighted by molar-refractivity contribution is -0.137. The summed E-state index contributed by atoms with van der Waals surface area (Å²) in [4.78, 5) is 42.0. The monoisotopic (exact) mass is 605 g/mol. The third-order valence-electron chi connectivity index (χ3n) is 7.43. The molecule has 1 heterocycles. The molecular formula is C37H39N3O5. The molecule has 45 heavy (non-hydrogen) atoms. The van der Waals surface area contributed by atoms with Gasteiger partial charge < -0.3 is 24.6 Å². The van der Waals surface area contributed by atoms with Crippen molar-refractivity contribution in [3.63, 3.8) is 0 Å². The summed E-state index contributed by atoms with van der Waals surface area (Å²) in [6.45, 7) is 10.3. The molecule has 5 rings (SSSR count). The van der Waals surface area contributed by atoms with Gasteiger partial charge in [0, 0.05) is 49.2 Å². The Labute approximate surface area is 264 Å². The van der Waals surface area contributed by atoms with E-state index in [-0.39, 0.29) is 12.0 Å². The van der Waals surface area contributed by atoms with Crippen molar-refractivity contribution in [3.05, 3.63) is 102 Å². The Kier molecular flexibility index (Phi) is 9.52. The van der Waals surface area contributed by atoms with Crippen LogP contribution in [0, 0.1) is 0 Å². The minimum absolute atomic E-state index is 0.228. The molecule has 0 saturated carbocycles. The molecule has 1 aliphatic rings. The van der Waals surface area contributed by atoms with Crippen LogP contribution in [0.15, 0.2) is 91.0 Å². The fourth-order valence-electron chi connectivity index (χ4n) is 5.29. The third kappa shape index (κ3) is 8.09. The third-order valence-corrected chi connectivity index (χ3v) is 7.43. The molecule has 4 aromatic carbocycles. The molecule has 1 fully saturated rings. The Morgan fingerprint density at radius 1 is 0.844 bits per heavy atom. The highest BCUT2D eigenvalue weighted by atomic mass is 16.6. The summed E-state index contributed by atoms with van der Waals surface area (Å²) in [7, 11) is 0. The number of anilines is 2. The number of nitrogens with one attached hydrogen (secondary N) is 1. The molecule has 0 atom stereocenters. The van der Waals surface area contributed by atoms with Crippen molar-refractivity contribution in [2.24, 2.45) is 0 Å². The molecule has 232 valence electrons. The Morgan fingerprint density at radius 3 is 2.36 bits per heavy atom. The predicted octanol–water partition coefficient (Wildman–Crippen LogP) is 7.39. The summed E-state index contributed by atoms with van der Waals surface area (Å²) in [5, 5.41) is 4.85. The van der Waals surface area contributed by atoms with Crippen LogP contribution in [0.25, 0.3) is 28.0 Å². The molecule has 0 aliphatic carbocycles. The molecule has 0 aromatic heterocycles. The highest BCUT2D eigenvalue weighted by Gasteiger charge is 2.26. The molecule has 4 aromatic rings. The molecule has 1 N–H and O–H groups in total. The minimum atomic E-state index is -0.523. The number of piperazine rings is 1. The summed E-state index contributed by atoms with van der Waals surface area (Å²) < 4.78 is 10.5. The van der Waals surface area contributed by atoms with E-state index in [1.54, 1.807) is 17.9 Å². The highest BCUT2D eigenvalue weighted by molar-refractivity contribution is 6.14. The van der Waals surface area contributed by atoms with Crippen molar-refractivity contribution in [2.75, 3.05) is 43.0 Å². The Bertz CT molecular complexity index is 1730. The van der Waals surface area contributed by atoms with Crippen molar-refractivity contribution < 1.29 is 23.9 Å². The van der Waals surface area contributed by atoms with Crippen LogP contribution >= 0.6 is 0 Å². The number of benzene rings is 4. The minimum Gasteiger partial charge on any atom is -0.463 e. The molecule has 1 saturated heterocycles. The Morgan fingerprint density at radius 2 is 1.60 bits per heavy atom. The summed E-state index contributed by atoms with van der Waals surface area (Å²) in [5.41, 5.74) is 4.41. The number of carbonyl (C=O) groups excluding carboxylic acids is 3. The van der Waals surface area contributed by atoms with Crippen molar-refractivity contribution in [1.82, 2.24) is 4.90 Å². The van der Waals surface area contributed by atoms with Crippen LogP contribution < -0.4 is 10.2 Å². The van der Waals surface area contributed by atoms with Gasteiger partial charge in [-0.3, -0.25) is 4.79 Å². The molecule has 0 spiro atoms. The number of esters is 1. The number of rotatable bonds is 7. The van der Waals surface area contributed by atoms with Crippen LogP contribution in [0.3, 0.4) is 0 Å². The molecule has 0 radical (unpaired) electrons. The summed E-state index contributed by atoms with van der Waals surface area (Å²) in [5.74, 6) is -0.642. The number of hydrogen-bond donors (Lipinski definition) is 1. The maximum Gasteiger partial charge on any atom is 0.410 e. The van der Waals surface area contributed by atoms with E-state index >= 15 is 0 Å². The van der Waals surface area contributed by atoms with E-state index in [9.17, 15) is 14.4 Å². The maximum absolute atomic E-state index is 13.7. The first-order valence-electron chi connectivity index (χ1n) is 15.2. The number of nitrogens with zero attached hydrogens (tertiary/aromatic N) is 2. The van der Waals surface area contributed by atoms with Crippen LogP contribution in [0.5, 0.6) is 0 Å². The van der Waals surface area contributed by atoms with E-state index in [2.05, 4.69) is 28.4 Å². The smallest absolute Gasteiger partial charge is 0.410 e. The number of carbonyl (C=O) groups is 3. The number of ether oxygens (including phenoxy) is 2. The quantitative estimate of drug-likeness (QED) is 0.175. The largest absolute Gasteiger partial charge is 0.463 e. The van der Waals surface area contributed by atoms with Gasteiger partial charge in [-0.05, 0) is 97.6 Å². The first-order chi connectivity index (χ1) is 21.6. The van der Waals surface area contributed by atoms with E-state index in [0.29, 0.717) is 44.0 Å². The van der Waals surface area contributed by atoms with Gasteiger partial charge in [0.25, 0.3) is 5.91 Å². The second-order valence-corrected chi connectivity index (χ2v) is 11.9. The number of hydrogen-bond acceptors (Lipinski definition) is 6. The molecule has 0 unspecified atom stereocenters. The van der Waals surface area contributed by atoms with Gasteiger partial charge in [0.1, 0.15) is 5.60 Å². The summed E-state index contributed by atoms with van der Waals surface area (Å²) in [6.07, 6.45) is 2.75. The molecule has 2 amide bonds. The maximum atomic E-state index is 13.7. The first kappa shape index (κ1) is 31.3. The van der Waals surface area contributed by atoms with E-state index in [1.807, 2.05) is 87.5 Å². The lowest BCUT2D eigenvalue weighted by Gasteiger charge is -2.36. The van der Waals surface area contributed by atoms with Gasteiger partial charge in [0.2, 0.25) is 0 Å². The highest BCUT2D eigenvalue weighted by Crippen LogP contribution is 2.31. The zero-order valence-corrected chi connectivity index (χ0v) is 26.2. The molecule has 8 nitrogen and oxygen atoms in total. The lowest BCUT2D eigenvalue weighted by Crippen LogP contribution is -2.50. The van der Waals surface area contributed by atoms with Gasteiger partial charge in [-0.15, -0.1) is 0 Å². The molecular weight excluding hydrogens is 566 g/mol. The zero-order valence-electron chi connectivity index (χ0n) is 26.2. The molecule has 8 heteroatoms. The second kappa shape index (κ2) is 13.7. The standard InChI is InChI=1S/C37H39N3O5/c1-5-44-34(41)17-16-26-10-8-13-30(22-26)38-35(42)33-25-29(23-28-11-6-7-15-32(28)33)27-12-9-14-31(24-27)39-18-20-40(21-19-39)36(43)45-37(2,3)4/h6-17,22-25H,5,18-21H2,1-4H3,(H,38,42). The van der Waals surface area contributed by atoms with Crippen LogP contribution in [-0.4, -0.2) is 61.3 Å². The van der Waals surface area contributed by atoms with Gasteiger partial charge in [-0.25, -0.2) is 9.59 Å². The Hall–Kier alpha value is -5.11. The average Bonchev–Trinajstić information content (AvgIpc) is 3.03. The summed E-state index contributed by atoms with van der Waals surface area (Å²) in [6, 6.07) is 27.5. The molecule has 0 bridgehead atoms. The Balaban J connectivity index is 1.36. The first-order valence-corrected chi connectivity index (χ1v) is 15.2. The SMILES string of the molecule is CCOC(=O)C=Cc1cccc(NC(=O)c2cc(-c3cccc(N4CCN(C(=O)OC(C)(C)C)CC4)c3)cc3ccccc23)c1. The summed E-state index contributed by atoms with van der Waals surface area (Å²) >= 11 is 0. The second-order valence-electron chi connectivity index (χ2n) is 11.9.